The van der Waals surface area contributed by atoms with Gasteiger partial charge in [0.05, 0.1) is 17.0 Å². The highest BCUT2D eigenvalue weighted by Gasteiger charge is 2.35. The van der Waals surface area contributed by atoms with Crippen molar-refractivity contribution < 1.29 is 9.18 Å². The fourth-order valence-electron chi connectivity index (χ4n) is 5.00. The SMILES string of the molecule is CC(C)C(=O)N1C[C@@H](C)N(c2ncnc3c2c(-c2ccccc2F)cn3-c2cc(C#N)ccn2)C[C@@H]1C. The lowest BCUT2D eigenvalue weighted by molar-refractivity contribution is -0.137. The van der Waals surface area contributed by atoms with Crippen LogP contribution in [0.2, 0.25) is 0 Å². The minimum atomic E-state index is -0.358. The van der Waals surface area contributed by atoms with Crippen molar-refractivity contribution in [3.8, 4) is 23.0 Å². The molecule has 4 heterocycles. The molecular formula is C28H28FN7O. The van der Waals surface area contributed by atoms with E-state index in [1.54, 1.807) is 47.3 Å². The Morgan fingerprint density at radius 2 is 1.86 bits per heavy atom. The van der Waals surface area contributed by atoms with Crippen LogP contribution < -0.4 is 4.90 Å². The minimum absolute atomic E-state index is 0.0196. The molecule has 0 unspecified atom stereocenters. The average molecular weight is 498 g/mol. The number of hydrogen-bond donors (Lipinski definition) is 0. The Labute approximate surface area is 215 Å². The summed E-state index contributed by atoms with van der Waals surface area (Å²) in [6.45, 7) is 9.08. The molecular weight excluding hydrogens is 469 g/mol. The number of carbonyl (C=O) groups is 1. The lowest BCUT2D eigenvalue weighted by atomic mass is 10.0. The number of carbonyl (C=O) groups excluding carboxylic acids is 1. The van der Waals surface area contributed by atoms with Crippen molar-refractivity contribution in [2.45, 2.75) is 39.8 Å². The Bertz CT molecular complexity index is 1520. The van der Waals surface area contributed by atoms with Gasteiger partial charge in [-0.2, -0.15) is 5.26 Å². The van der Waals surface area contributed by atoms with Gasteiger partial charge in [-0.15, -0.1) is 0 Å². The van der Waals surface area contributed by atoms with E-state index in [2.05, 4.69) is 32.8 Å². The summed E-state index contributed by atoms with van der Waals surface area (Å²) in [5.41, 5.74) is 2.08. The first-order valence-corrected chi connectivity index (χ1v) is 12.3. The molecule has 5 rings (SSSR count). The van der Waals surface area contributed by atoms with Crippen LogP contribution in [0.5, 0.6) is 0 Å². The lowest BCUT2D eigenvalue weighted by Crippen LogP contribution is -2.59. The molecule has 0 spiro atoms. The van der Waals surface area contributed by atoms with Crippen LogP contribution in [0.25, 0.3) is 28.0 Å². The maximum Gasteiger partial charge on any atom is 0.225 e. The molecule has 0 N–H and O–H groups in total. The van der Waals surface area contributed by atoms with E-state index in [1.165, 1.54) is 12.4 Å². The number of benzene rings is 1. The predicted octanol–water partition coefficient (Wildman–Crippen LogP) is 4.57. The van der Waals surface area contributed by atoms with Gasteiger partial charge in [0, 0.05) is 54.6 Å². The van der Waals surface area contributed by atoms with E-state index in [0.29, 0.717) is 52.4 Å². The molecule has 4 aromatic rings. The third-order valence-corrected chi connectivity index (χ3v) is 6.88. The second-order valence-electron chi connectivity index (χ2n) is 9.80. The van der Waals surface area contributed by atoms with Crippen LogP contribution >= 0.6 is 0 Å². The van der Waals surface area contributed by atoms with Crippen LogP contribution in [-0.2, 0) is 4.79 Å². The molecule has 9 heteroatoms. The summed E-state index contributed by atoms with van der Waals surface area (Å²) < 4.78 is 16.9. The molecule has 8 nitrogen and oxygen atoms in total. The highest BCUT2D eigenvalue weighted by molar-refractivity contribution is 6.02. The highest BCUT2D eigenvalue weighted by Crippen LogP contribution is 2.39. The van der Waals surface area contributed by atoms with E-state index in [9.17, 15) is 10.1 Å². The van der Waals surface area contributed by atoms with E-state index < -0.39 is 0 Å². The number of nitrogens with zero attached hydrogens (tertiary/aromatic N) is 7. The Morgan fingerprint density at radius 1 is 1.08 bits per heavy atom. The summed E-state index contributed by atoms with van der Waals surface area (Å²) in [5, 5.41) is 10.1. The van der Waals surface area contributed by atoms with E-state index >= 15 is 4.39 Å². The van der Waals surface area contributed by atoms with Crippen LogP contribution in [0.1, 0.15) is 33.3 Å². The van der Waals surface area contributed by atoms with Gasteiger partial charge in [-0.3, -0.25) is 9.36 Å². The molecule has 1 saturated heterocycles. The van der Waals surface area contributed by atoms with E-state index in [0.717, 1.165) is 0 Å². The van der Waals surface area contributed by atoms with Gasteiger partial charge in [-0.1, -0.05) is 32.0 Å². The first-order valence-electron chi connectivity index (χ1n) is 12.3. The summed E-state index contributed by atoms with van der Waals surface area (Å²) in [7, 11) is 0. The summed E-state index contributed by atoms with van der Waals surface area (Å²) >= 11 is 0. The van der Waals surface area contributed by atoms with Gasteiger partial charge in [0.2, 0.25) is 5.91 Å². The first kappa shape index (κ1) is 24.4. The smallest absolute Gasteiger partial charge is 0.225 e. The summed E-state index contributed by atoms with van der Waals surface area (Å²) in [6, 6.07) is 12.0. The van der Waals surface area contributed by atoms with Gasteiger partial charge < -0.3 is 9.80 Å². The first-order chi connectivity index (χ1) is 17.8. The number of piperazine rings is 1. The fourth-order valence-corrected chi connectivity index (χ4v) is 5.00. The van der Waals surface area contributed by atoms with Crippen molar-refractivity contribution in [2.24, 2.45) is 5.92 Å². The zero-order valence-electron chi connectivity index (χ0n) is 21.3. The van der Waals surface area contributed by atoms with Gasteiger partial charge in [0.25, 0.3) is 0 Å². The predicted molar refractivity (Wildman–Crippen MR) is 140 cm³/mol. The summed E-state index contributed by atoms with van der Waals surface area (Å²) in [6.07, 6.45) is 4.87. The van der Waals surface area contributed by atoms with E-state index in [1.807, 2.05) is 25.7 Å². The topological polar surface area (TPSA) is 90.9 Å². The Morgan fingerprint density at radius 3 is 2.59 bits per heavy atom. The van der Waals surface area contributed by atoms with Gasteiger partial charge >= 0.3 is 0 Å². The molecule has 1 aliphatic heterocycles. The number of aromatic nitrogens is 4. The second-order valence-corrected chi connectivity index (χ2v) is 9.80. The van der Waals surface area contributed by atoms with Crippen LogP contribution in [-0.4, -0.2) is 55.5 Å². The Kier molecular flexibility index (Phi) is 6.34. The maximum absolute atomic E-state index is 15.1. The van der Waals surface area contributed by atoms with Crippen molar-refractivity contribution in [2.75, 3.05) is 18.0 Å². The third kappa shape index (κ3) is 4.29. The molecule has 3 aromatic heterocycles. The zero-order chi connectivity index (χ0) is 26.3. The van der Waals surface area contributed by atoms with E-state index in [4.69, 9.17) is 0 Å². The van der Waals surface area contributed by atoms with Crippen LogP contribution in [0.4, 0.5) is 10.2 Å². The normalized spacial score (nSPS) is 17.9. The Hall–Kier alpha value is -4.32. The van der Waals surface area contributed by atoms with Crippen molar-refractivity contribution in [3.63, 3.8) is 0 Å². The molecule has 2 atom stereocenters. The van der Waals surface area contributed by atoms with Gasteiger partial charge in [-0.05, 0) is 32.0 Å². The molecule has 1 aromatic carbocycles. The lowest BCUT2D eigenvalue weighted by Gasteiger charge is -2.45. The van der Waals surface area contributed by atoms with Crippen molar-refractivity contribution >= 4 is 22.8 Å². The molecule has 0 saturated carbocycles. The molecule has 0 aliphatic carbocycles. The minimum Gasteiger partial charge on any atom is -0.349 e. The maximum atomic E-state index is 15.1. The number of rotatable bonds is 4. The van der Waals surface area contributed by atoms with E-state index in [-0.39, 0.29) is 29.7 Å². The zero-order valence-corrected chi connectivity index (χ0v) is 21.3. The van der Waals surface area contributed by atoms with Crippen LogP contribution in [0.3, 0.4) is 0 Å². The number of amides is 1. The molecule has 1 aliphatic rings. The van der Waals surface area contributed by atoms with Crippen molar-refractivity contribution in [3.05, 3.63) is 66.5 Å². The molecule has 188 valence electrons. The standard InChI is InChI=1S/C28H28FN7O/c1-17(2)28(37)35-14-18(3)34(13-19(35)4)26-25-22(21-7-5-6-8-23(21)29)15-36(27(25)33-16-32-26)24-11-20(12-30)9-10-31-24/h5-11,15-19H,13-14H2,1-4H3/t18-,19+/m1/s1. The van der Waals surface area contributed by atoms with Gasteiger partial charge in [0.1, 0.15) is 23.8 Å². The molecule has 1 fully saturated rings. The van der Waals surface area contributed by atoms with Crippen molar-refractivity contribution in [1.82, 2.24) is 24.4 Å². The average Bonchev–Trinajstić information content (AvgIpc) is 3.29. The van der Waals surface area contributed by atoms with Gasteiger partial charge in [-0.25, -0.2) is 19.3 Å². The number of fused-ring (bicyclic) bond motifs is 1. The van der Waals surface area contributed by atoms with Crippen LogP contribution in [0.15, 0.2) is 55.1 Å². The molecule has 37 heavy (non-hydrogen) atoms. The number of halogens is 1. The largest absolute Gasteiger partial charge is 0.349 e. The van der Waals surface area contributed by atoms with Crippen molar-refractivity contribution in [1.29, 1.82) is 5.26 Å². The van der Waals surface area contributed by atoms with Crippen LogP contribution in [0, 0.1) is 23.1 Å². The Balaban J connectivity index is 1.70. The fraction of sp³-hybridized carbons (Fsp3) is 0.321. The number of pyridine rings is 1. The number of hydrogen-bond acceptors (Lipinski definition) is 6. The highest BCUT2D eigenvalue weighted by atomic mass is 19.1. The monoisotopic (exact) mass is 497 g/mol. The third-order valence-electron chi connectivity index (χ3n) is 6.88. The molecule has 0 bridgehead atoms. The number of nitriles is 1. The van der Waals surface area contributed by atoms with Gasteiger partial charge in [0.15, 0.2) is 5.65 Å². The summed E-state index contributed by atoms with van der Waals surface area (Å²) in [5.74, 6) is 0.877. The molecule has 0 radical (unpaired) electrons. The molecule has 1 amide bonds. The number of anilines is 1. The quantitative estimate of drug-likeness (QED) is 0.410. The summed E-state index contributed by atoms with van der Waals surface area (Å²) in [4.78, 5) is 30.6. The second kappa shape index (κ2) is 9.62.